The molecule has 0 radical (unpaired) electrons. The maximum Gasteiger partial charge on any atom is 0.128 e. The predicted molar refractivity (Wildman–Crippen MR) is 78.3 cm³/mol. The minimum Gasteiger partial charge on any atom is -0.355 e. The van der Waals surface area contributed by atoms with E-state index in [1.54, 1.807) is 6.07 Å². The monoisotopic (exact) mass is 258 g/mol. The zero-order chi connectivity index (χ0) is 13.7. The summed E-state index contributed by atoms with van der Waals surface area (Å²) in [5.41, 5.74) is 9.21. The molecule has 2 rings (SSSR count). The first-order chi connectivity index (χ1) is 9.24. The van der Waals surface area contributed by atoms with Crippen molar-refractivity contribution in [3.8, 4) is 0 Å². The van der Waals surface area contributed by atoms with Crippen LogP contribution in [0.4, 0.5) is 15.8 Å². The van der Waals surface area contributed by atoms with Crippen molar-refractivity contribution in [2.24, 2.45) is 5.73 Å². The fraction of sp³-hybridized carbons (Fsp3) is 0.250. The van der Waals surface area contributed by atoms with E-state index in [1.165, 1.54) is 11.6 Å². The van der Waals surface area contributed by atoms with Crippen molar-refractivity contribution in [1.82, 2.24) is 0 Å². The predicted octanol–water partition coefficient (Wildman–Crippen LogP) is 3.63. The van der Waals surface area contributed by atoms with Crippen LogP contribution in [0.5, 0.6) is 0 Å². The van der Waals surface area contributed by atoms with Crippen LogP contribution in [0.3, 0.4) is 0 Å². The topological polar surface area (TPSA) is 38.0 Å². The molecule has 0 unspecified atom stereocenters. The summed E-state index contributed by atoms with van der Waals surface area (Å²) in [6, 6.07) is 13.2. The molecule has 0 aliphatic carbocycles. The Morgan fingerprint density at radius 3 is 2.47 bits per heavy atom. The summed E-state index contributed by atoms with van der Waals surface area (Å²) in [5, 5.41) is 3.25. The molecule has 0 aliphatic rings. The standard InChI is InChI=1S/C16H19FN2/c1-2-12-6-8-13(9-7-12)19-16-5-3-4-15(17)14(16)10-11-18/h3-9,19H,2,10-11,18H2,1H3. The highest BCUT2D eigenvalue weighted by Crippen LogP contribution is 2.23. The van der Waals surface area contributed by atoms with Gasteiger partial charge < -0.3 is 11.1 Å². The van der Waals surface area contributed by atoms with Gasteiger partial charge in [-0.05, 0) is 49.2 Å². The molecule has 0 aliphatic heterocycles. The van der Waals surface area contributed by atoms with Crippen LogP contribution in [0.1, 0.15) is 18.1 Å². The molecule has 100 valence electrons. The lowest BCUT2D eigenvalue weighted by atomic mass is 10.1. The van der Waals surface area contributed by atoms with Crippen LogP contribution < -0.4 is 11.1 Å². The number of rotatable bonds is 5. The Morgan fingerprint density at radius 2 is 1.84 bits per heavy atom. The Morgan fingerprint density at radius 1 is 1.11 bits per heavy atom. The number of aryl methyl sites for hydroxylation is 1. The lowest BCUT2D eigenvalue weighted by molar-refractivity contribution is 0.610. The SMILES string of the molecule is CCc1ccc(Nc2cccc(F)c2CCN)cc1. The van der Waals surface area contributed by atoms with Gasteiger partial charge in [-0.1, -0.05) is 25.1 Å². The summed E-state index contributed by atoms with van der Waals surface area (Å²) >= 11 is 0. The molecular weight excluding hydrogens is 239 g/mol. The molecule has 2 aromatic carbocycles. The molecule has 19 heavy (non-hydrogen) atoms. The van der Waals surface area contributed by atoms with Gasteiger partial charge in [0.2, 0.25) is 0 Å². The van der Waals surface area contributed by atoms with Gasteiger partial charge in [0.25, 0.3) is 0 Å². The summed E-state index contributed by atoms with van der Waals surface area (Å²) < 4.78 is 13.8. The highest BCUT2D eigenvalue weighted by atomic mass is 19.1. The van der Waals surface area contributed by atoms with Crippen LogP contribution in [-0.2, 0) is 12.8 Å². The number of benzene rings is 2. The molecule has 0 saturated carbocycles. The number of halogens is 1. The second kappa shape index (κ2) is 6.34. The zero-order valence-corrected chi connectivity index (χ0v) is 11.1. The molecule has 0 fully saturated rings. The molecule has 3 N–H and O–H groups in total. The average molecular weight is 258 g/mol. The number of nitrogens with one attached hydrogen (secondary N) is 1. The van der Waals surface area contributed by atoms with Crippen molar-refractivity contribution in [1.29, 1.82) is 0 Å². The minimum absolute atomic E-state index is 0.208. The molecule has 0 spiro atoms. The van der Waals surface area contributed by atoms with Gasteiger partial charge in [-0.25, -0.2) is 4.39 Å². The first-order valence-electron chi connectivity index (χ1n) is 6.58. The van der Waals surface area contributed by atoms with E-state index in [9.17, 15) is 4.39 Å². The average Bonchev–Trinajstić information content (AvgIpc) is 2.43. The van der Waals surface area contributed by atoms with Crippen LogP contribution in [0.15, 0.2) is 42.5 Å². The van der Waals surface area contributed by atoms with Crippen molar-refractivity contribution in [3.63, 3.8) is 0 Å². The summed E-state index contributed by atoms with van der Waals surface area (Å²) in [4.78, 5) is 0. The van der Waals surface area contributed by atoms with Crippen molar-refractivity contribution in [2.45, 2.75) is 19.8 Å². The quantitative estimate of drug-likeness (QED) is 0.859. The Labute approximate surface area is 113 Å². The molecule has 2 aromatic rings. The fourth-order valence-electron chi connectivity index (χ4n) is 2.05. The molecule has 3 heteroatoms. The van der Waals surface area contributed by atoms with E-state index in [-0.39, 0.29) is 5.82 Å². The molecule has 0 aromatic heterocycles. The highest BCUT2D eigenvalue weighted by Gasteiger charge is 2.07. The molecular formula is C16H19FN2. The molecule has 0 saturated heterocycles. The lowest BCUT2D eigenvalue weighted by Gasteiger charge is -2.12. The van der Waals surface area contributed by atoms with Crippen LogP contribution in [0.2, 0.25) is 0 Å². The second-order valence-electron chi connectivity index (χ2n) is 4.48. The summed E-state index contributed by atoms with van der Waals surface area (Å²) in [6.07, 6.45) is 1.54. The van der Waals surface area contributed by atoms with Gasteiger partial charge in [-0.3, -0.25) is 0 Å². The Balaban J connectivity index is 2.24. The van der Waals surface area contributed by atoms with Crippen LogP contribution in [0, 0.1) is 5.82 Å². The van der Waals surface area contributed by atoms with E-state index in [0.29, 0.717) is 18.5 Å². The van der Waals surface area contributed by atoms with E-state index in [4.69, 9.17) is 5.73 Å². The van der Waals surface area contributed by atoms with E-state index >= 15 is 0 Å². The van der Waals surface area contributed by atoms with Gasteiger partial charge in [0.15, 0.2) is 0 Å². The maximum atomic E-state index is 13.8. The Kier molecular flexibility index (Phi) is 4.53. The first kappa shape index (κ1) is 13.6. The molecule has 0 amide bonds. The van der Waals surface area contributed by atoms with Crippen molar-refractivity contribution < 1.29 is 4.39 Å². The smallest absolute Gasteiger partial charge is 0.128 e. The van der Waals surface area contributed by atoms with Gasteiger partial charge in [-0.2, -0.15) is 0 Å². The summed E-state index contributed by atoms with van der Waals surface area (Å²) in [6.45, 7) is 2.55. The van der Waals surface area contributed by atoms with E-state index in [2.05, 4.69) is 24.4 Å². The number of anilines is 2. The largest absolute Gasteiger partial charge is 0.355 e. The van der Waals surface area contributed by atoms with Gasteiger partial charge >= 0.3 is 0 Å². The van der Waals surface area contributed by atoms with E-state index in [0.717, 1.165) is 17.8 Å². The van der Waals surface area contributed by atoms with Gasteiger partial charge in [0.05, 0.1) is 0 Å². The van der Waals surface area contributed by atoms with Crippen molar-refractivity contribution in [3.05, 3.63) is 59.4 Å². The van der Waals surface area contributed by atoms with E-state index < -0.39 is 0 Å². The fourth-order valence-corrected chi connectivity index (χ4v) is 2.05. The van der Waals surface area contributed by atoms with Gasteiger partial charge in [0, 0.05) is 16.9 Å². The Hall–Kier alpha value is -1.87. The normalized spacial score (nSPS) is 10.5. The highest BCUT2D eigenvalue weighted by molar-refractivity contribution is 5.63. The maximum absolute atomic E-state index is 13.8. The van der Waals surface area contributed by atoms with E-state index in [1.807, 2.05) is 18.2 Å². The number of nitrogens with two attached hydrogens (primary N) is 1. The third kappa shape index (κ3) is 3.32. The second-order valence-corrected chi connectivity index (χ2v) is 4.48. The molecule has 0 bridgehead atoms. The Bertz CT molecular complexity index is 535. The van der Waals surface area contributed by atoms with Gasteiger partial charge in [-0.15, -0.1) is 0 Å². The van der Waals surface area contributed by atoms with Crippen molar-refractivity contribution in [2.75, 3.05) is 11.9 Å². The van der Waals surface area contributed by atoms with Crippen molar-refractivity contribution >= 4 is 11.4 Å². The van der Waals surface area contributed by atoms with Crippen LogP contribution in [-0.4, -0.2) is 6.54 Å². The number of hydrogen-bond donors (Lipinski definition) is 2. The summed E-state index contributed by atoms with van der Waals surface area (Å²) in [5.74, 6) is -0.208. The molecule has 0 atom stereocenters. The third-order valence-corrected chi connectivity index (χ3v) is 3.15. The van der Waals surface area contributed by atoms with Crippen LogP contribution >= 0.6 is 0 Å². The third-order valence-electron chi connectivity index (χ3n) is 3.15. The first-order valence-corrected chi connectivity index (χ1v) is 6.58. The van der Waals surface area contributed by atoms with Gasteiger partial charge in [0.1, 0.15) is 5.82 Å². The zero-order valence-electron chi connectivity index (χ0n) is 11.1. The number of hydrogen-bond acceptors (Lipinski definition) is 2. The molecule has 0 heterocycles. The lowest BCUT2D eigenvalue weighted by Crippen LogP contribution is -2.07. The van der Waals surface area contributed by atoms with Crippen LogP contribution in [0.25, 0.3) is 0 Å². The summed E-state index contributed by atoms with van der Waals surface area (Å²) in [7, 11) is 0. The molecule has 2 nitrogen and oxygen atoms in total. The minimum atomic E-state index is -0.208.